The van der Waals surface area contributed by atoms with Crippen LogP contribution in [0.15, 0.2) is 43.9 Å². The van der Waals surface area contributed by atoms with Crippen LogP contribution in [0.3, 0.4) is 0 Å². The third-order valence-corrected chi connectivity index (χ3v) is 4.75. The summed E-state index contributed by atoms with van der Waals surface area (Å²) in [4.78, 5) is 0. The first-order valence-electron chi connectivity index (χ1n) is 5.77. The van der Waals surface area contributed by atoms with E-state index in [-0.39, 0.29) is 6.04 Å². The monoisotopic (exact) mass is 355 g/mol. The Morgan fingerprint density at radius 2 is 2.16 bits per heavy atom. The molecule has 0 amide bonds. The van der Waals surface area contributed by atoms with E-state index >= 15 is 0 Å². The maximum Gasteiger partial charge on any atom is 0.134 e. The largest absolute Gasteiger partial charge is 0.459 e. The SMILES string of the molecule is CNC(c1csc(Br)c1)c1cc2cc(Cl)ccc2o1. The van der Waals surface area contributed by atoms with Gasteiger partial charge in [-0.15, -0.1) is 11.3 Å². The van der Waals surface area contributed by atoms with Crippen molar-refractivity contribution in [2.75, 3.05) is 7.05 Å². The summed E-state index contributed by atoms with van der Waals surface area (Å²) in [7, 11) is 1.93. The molecule has 0 spiro atoms. The van der Waals surface area contributed by atoms with E-state index in [2.05, 4.69) is 32.7 Å². The minimum Gasteiger partial charge on any atom is -0.459 e. The average molecular weight is 357 g/mol. The van der Waals surface area contributed by atoms with Gasteiger partial charge in [0.2, 0.25) is 0 Å². The highest BCUT2D eigenvalue weighted by Gasteiger charge is 2.18. The molecule has 1 atom stereocenters. The highest BCUT2D eigenvalue weighted by atomic mass is 79.9. The van der Waals surface area contributed by atoms with E-state index in [0.717, 1.165) is 25.5 Å². The molecule has 0 aliphatic rings. The van der Waals surface area contributed by atoms with Gasteiger partial charge in [-0.3, -0.25) is 0 Å². The fourth-order valence-electron chi connectivity index (χ4n) is 2.12. The zero-order valence-corrected chi connectivity index (χ0v) is 13.3. The van der Waals surface area contributed by atoms with E-state index in [1.165, 1.54) is 5.56 Å². The molecule has 0 saturated carbocycles. The highest BCUT2D eigenvalue weighted by molar-refractivity contribution is 9.11. The Bertz CT molecular complexity index is 721. The smallest absolute Gasteiger partial charge is 0.134 e. The van der Waals surface area contributed by atoms with Crippen LogP contribution in [0.5, 0.6) is 0 Å². The number of thiophene rings is 1. The van der Waals surface area contributed by atoms with Gasteiger partial charge in [-0.25, -0.2) is 0 Å². The third-order valence-electron chi connectivity index (χ3n) is 2.99. The summed E-state index contributed by atoms with van der Waals surface area (Å²) in [5.74, 6) is 0.894. The number of rotatable bonds is 3. The first-order chi connectivity index (χ1) is 9.17. The number of hydrogen-bond acceptors (Lipinski definition) is 3. The van der Waals surface area contributed by atoms with Crippen LogP contribution in [0.1, 0.15) is 17.4 Å². The van der Waals surface area contributed by atoms with Gasteiger partial charge in [0.05, 0.1) is 9.83 Å². The van der Waals surface area contributed by atoms with Crippen LogP contribution in [-0.4, -0.2) is 7.05 Å². The standard InChI is InChI=1S/C14H11BrClNOS/c1-17-14(9-6-13(15)19-7-9)12-5-8-4-10(16)2-3-11(8)18-12/h2-7,14,17H,1H3. The Labute approximate surface area is 128 Å². The molecule has 2 aromatic heterocycles. The average Bonchev–Trinajstić information content (AvgIpc) is 2.96. The van der Waals surface area contributed by atoms with Crippen LogP contribution in [0, 0.1) is 0 Å². The molecule has 98 valence electrons. The molecule has 3 aromatic rings. The highest BCUT2D eigenvalue weighted by Crippen LogP contribution is 2.32. The van der Waals surface area contributed by atoms with Crippen LogP contribution < -0.4 is 5.32 Å². The summed E-state index contributed by atoms with van der Waals surface area (Å²) in [6.07, 6.45) is 0. The van der Waals surface area contributed by atoms with Crippen molar-refractivity contribution < 1.29 is 4.42 Å². The molecule has 1 aromatic carbocycles. The topological polar surface area (TPSA) is 25.2 Å². The molecule has 1 unspecified atom stereocenters. The molecule has 5 heteroatoms. The number of hydrogen-bond donors (Lipinski definition) is 1. The molecule has 0 aliphatic carbocycles. The Balaban J connectivity index is 2.06. The summed E-state index contributed by atoms with van der Waals surface area (Å²) >= 11 is 11.2. The number of benzene rings is 1. The molecule has 1 N–H and O–H groups in total. The summed E-state index contributed by atoms with van der Waals surface area (Å²) in [6, 6.07) is 9.85. The molecular formula is C14H11BrClNOS. The molecule has 0 saturated heterocycles. The molecule has 0 bridgehead atoms. The van der Waals surface area contributed by atoms with Crippen molar-refractivity contribution in [2.24, 2.45) is 0 Å². The van der Waals surface area contributed by atoms with Gasteiger partial charge < -0.3 is 9.73 Å². The fraction of sp³-hybridized carbons (Fsp3) is 0.143. The van der Waals surface area contributed by atoms with Gasteiger partial charge in [0.15, 0.2) is 0 Å². The predicted octanol–water partition coefficient (Wildman–Crippen LogP) is 5.22. The lowest BCUT2D eigenvalue weighted by molar-refractivity contribution is 0.492. The van der Waals surface area contributed by atoms with Crippen molar-refractivity contribution >= 4 is 49.8 Å². The van der Waals surface area contributed by atoms with Crippen LogP contribution >= 0.6 is 38.9 Å². The van der Waals surface area contributed by atoms with Crippen LogP contribution in [0.25, 0.3) is 11.0 Å². The molecular weight excluding hydrogens is 346 g/mol. The predicted molar refractivity (Wildman–Crippen MR) is 84.1 cm³/mol. The minimum absolute atomic E-state index is 0.0497. The number of fused-ring (bicyclic) bond motifs is 1. The number of furan rings is 1. The molecule has 0 aliphatic heterocycles. The minimum atomic E-state index is 0.0497. The van der Waals surface area contributed by atoms with Crippen molar-refractivity contribution in [1.82, 2.24) is 5.32 Å². The van der Waals surface area contributed by atoms with Crippen LogP contribution in [0.2, 0.25) is 5.02 Å². The van der Waals surface area contributed by atoms with E-state index in [1.54, 1.807) is 11.3 Å². The van der Waals surface area contributed by atoms with Gasteiger partial charge in [0.25, 0.3) is 0 Å². The molecule has 0 fully saturated rings. The number of nitrogens with one attached hydrogen (secondary N) is 1. The second kappa shape index (κ2) is 5.29. The quantitative estimate of drug-likeness (QED) is 0.696. The zero-order chi connectivity index (χ0) is 13.4. The lowest BCUT2D eigenvalue weighted by Crippen LogP contribution is -2.16. The Kier molecular flexibility index (Phi) is 3.67. The third kappa shape index (κ3) is 2.58. The summed E-state index contributed by atoms with van der Waals surface area (Å²) in [6.45, 7) is 0. The number of halogens is 2. The van der Waals surface area contributed by atoms with Gasteiger partial charge in [-0.2, -0.15) is 0 Å². The van der Waals surface area contributed by atoms with E-state index in [4.69, 9.17) is 16.0 Å². The summed E-state index contributed by atoms with van der Waals surface area (Å²) < 4.78 is 7.02. The van der Waals surface area contributed by atoms with Gasteiger partial charge in [0.1, 0.15) is 11.3 Å². The van der Waals surface area contributed by atoms with E-state index < -0.39 is 0 Å². The normalized spacial score (nSPS) is 13.0. The lowest BCUT2D eigenvalue weighted by atomic mass is 10.1. The van der Waals surface area contributed by atoms with Crippen molar-refractivity contribution in [3.05, 3.63) is 55.8 Å². The van der Waals surface area contributed by atoms with Gasteiger partial charge in [-0.05, 0) is 64.3 Å². The second-order valence-electron chi connectivity index (χ2n) is 4.24. The zero-order valence-electron chi connectivity index (χ0n) is 10.1. The van der Waals surface area contributed by atoms with Crippen molar-refractivity contribution in [1.29, 1.82) is 0 Å². The molecule has 2 nitrogen and oxygen atoms in total. The Hall–Kier alpha value is -0.810. The van der Waals surface area contributed by atoms with E-state index in [0.29, 0.717) is 0 Å². The second-order valence-corrected chi connectivity index (χ2v) is 6.96. The Morgan fingerprint density at radius 3 is 2.84 bits per heavy atom. The Morgan fingerprint density at radius 1 is 1.32 bits per heavy atom. The molecule has 3 rings (SSSR count). The fourth-order valence-corrected chi connectivity index (χ4v) is 3.51. The van der Waals surface area contributed by atoms with Crippen molar-refractivity contribution in [2.45, 2.75) is 6.04 Å². The maximum atomic E-state index is 6.00. The van der Waals surface area contributed by atoms with Crippen LogP contribution in [-0.2, 0) is 0 Å². The van der Waals surface area contributed by atoms with Crippen LogP contribution in [0.4, 0.5) is 0 Å². The van der Waals surface area contributed by atoms with Gasteiger partial charge >= 0.3 is 0 Å². The maximum absolute atomic E-state index is 6.00. The first-order valence-corrected chi connectivity index (χ1v) is 7.82. The first kappa shape index (κ1) is 13.2. The summed E-state index contributed by atoms with van der Waals surface area (Å²) in [5, 5.41) is 7.15. The molecule has 2 heterocycles. The van der Waals surface area contributed by atoms with Gasteiger partial charge in [-0.1, -0.05) is 11.6 Å². The lowest BCUT2D eigenvalue weighted by Gasteiger charge is -2.11. The molecule has 19 heavy (non-hydrogen) atoms. The van der Waals surface area contributed by atoms with Gasteiger partial charge in [0, 0.05) is 10.4 Å². The van der Waals surface area contributed by atoms with Crippen molar-refractivity contribution in [3.8, 4) is 0 Å². The van der Waals surface area contributed by atoms with E-state index in [1.807, 2.05) is 31.3 Å². The van der Waals surface area contributed by atoms with E-state index in [9.17, 15) is 0 Å². The molecule has 0 radical (unpaired) electrons. The summed E-state index contributed by atoms with van der Waals surface area (Å²) in [5.41, 5.74) is 2.04. The van der Waals surface area contributed by atoms with Crippen molar-refractivity contribution in [3.63, 3.8) is 0 Å².